The summed E-state index contributed by atoms with van der Waals surface area (Å²) in [5.41, 5.74) is 5.26. The average Bonchev–Trinajstić information content (AvgIpc) is 2.62. The molecular weight excluding hydrogens is 290 g/mol. The van der Waals surface area contributed by atoms with E-state index in [4.69, 9.17) is 33.7 Å². The van der Waals surface area contributed by atoms with E-state index in [-0.39, 0.29) is 23.6 Å². The number of nitrogens with two attached hydrogens (primary N) is 1. The summed E-state index contributed by atoms with van der Waals surface area (Å²) in [6.45, 7) is 0.0916. The first-order chi connectivity index (χ1) is 8.08. The Hall–Kier alpha value is -1.18. The number of nitrogens with zero attached hydrogens (tertiary/aromatic N) is 3. The number of halogens is 3. The molecule has 2 N–H and O–H groups in total. The molecule has 2 aromatic heterocycles. The number of hydrogen-bond acceptors (Lipinski definition) is 6. The largest absolute Gasteiger partial charge is 0.458 e. The summed E-state index contributed by atoms with van der Waals surface area (Å²) in [4.78, 5) is 7.84. The van der Waals surface area contributed by atoms with Crippen molar-refractivity contribution in [2.24, 2.45) is 0 Å². The average molecular weight is 295 g/mol. The van der Waals surface area contributed by atoms with Crippen LogP contribution in [0.25, 0.3) is 0 Å². The minimum absolute atomic E-state index is 0.0375. The highest BCUT2D eigenvalue weighted by molar-refractivity contribution is 7.06. The lowest BCUT2D eigenvalue weighted by molar-refractivity contribution is 0.283. The van der Waals surface area contributed by atoms with Crippen molar-refractivity contribution in [2.45, 2.75) is 6.61 Å². The Labute approximate surface area is 110 Å². The van der Waals surface area contributed by atoms with Gasteiger partial charge >= 0.3 is 6.01 Å². The molecule has 0 spiro atoms. The minimum atomic E-state index is -0.698. The van der Waals surface area contributed by atoms with Crippen molar-refractivity contribution in [2.75, 3.05) is 5.73 Å². The molecule has 2 rings (SSSR count). The van der Waals surface area contributed by atoms with Crippen molar-refractivity contribution in [3.63, 3.8) is 0 Å². The number of hydrogen-bond donors (Lipinski definition) is 1. The van der Waals surface area contributed by atoms with Crippen LogP contribution in [0.15, 0.2) is 6.20 Å². The molecule has 2 aromatic rings. The van der Waals surface area contributed by atoms with Gasteiger partial charge in [0, 0.05) is 0 Å². The van der Waals surface area contributed by atoms with Gasteiger partial charge in [-0.3, -0.25) is 0 Å². The Bertz CT molecular complexity index is 550. The van der Waals surface area contributed by atoms with Crippen molar-refractivity contribution in [1.29, 1.82) is 0 Å². The Morgan fingerprint density at radius 1 is 1.47 bits per heavy atom. The number of aromatic nitrogens is 3. The van der Waals surface area contributed by atoms with Gasteiger partial charge in [-0.05, 0) is 11.5 Å². The Kier molecular flexibility index (Phi) is 3.60. The molecule has 0 radical (unpaired) electrons. The molecule has 0 atom stereocenters. The smallest absolute Gasteiger partial charge is 0.318 e. The third kappa shape index (κ3) is 2.74. The molecule has 5 nitrogen and oxygen atoms in total. The molecule has 0 fully saturated rings. The highest BCUT2D eigenvalue weighted by Gasteiger charge is 2.11. The van der Waals surface area contributed by atoms with Crippen LogP contribution in [0.3, 0.4) is 0 Å². The van der Waals surface area contributed by atoms with E-state index in [1.54, 1.807) is 0 Å². The van der Waals surface area contributed by atoms with Gasteiger partial charge < -0.3 is 10.5 Å². The molecule has 0 aliphatic heterocycles. The summed E-state index contributed by atoms with van der Waals surface area (Å²) in [6.07, 6.45) is 0.929. The fourth-order valence-corrected chi connectivity index (χ4v) is 2.04. The second-order valence-corrected chi connectivity index (χ2v) is 4.48. The van der Waals surface area contributed by atoms with E-state index in [1.165, 1.54) is 0 Å². The predicted octanol–water partition coefficient (Wildman–Crippen LogP) is 2.54. The van der Waals surface area contributed by atoms with Crippen LogP contribution >= 0.6 is 34.7 Å². The van der Waals surface area contributed by atoms with E-state index >= 15 is 0 Å². The second-order valence-electron chi connectivity index (χ2n) is 2.88. The van der Waals surface area contributed by atoms with Crippen LogP contribution in [0.1, 0.15) is 4.88 Å². The van der Waals surface area contributed by atoms with Crippen LogP contribution in [0.2, 0.25) is 10.2 Å². The highest BCUT2D eigenvalue weighted by atomic mass is 35.5. The summed E-state index contributed by atoms with van der Waals surface area (Å²) < 4.78 is 21.8. The highest BCUT2D eigenvalue weighted by Crippen LogP contribution is 2.29. The maximum absolute atomic E-state index is 12.8. The minimum Gasteiger partial charge on any atom is -0.458 e. The molecule has 0 bridgehead atoms. The van der Waals surface area contributed by atoms with E-state index < -0.39 is 5.82 Å². The van der Waals surface area contributed by atoms with E-state index in [9.17, 15) is 4.39 Å². The topological polar surface area (TPSA) is 73.9 Å². The molecule has 0 amide bonds. The monoisotopic (exact) mass is 294 g/mol. The van der Waals surface area contributed by atoms with Crippen LogP contribution in [0.4, 0.5) is 10.2 Å². The number of rotatable bonds is 3. The molecule has 9 heteroatoms. The number of nitrogen functional groups attached to an aromatic ring is 1. The second kappa shape index (κ2) is 4.99. The third-order valence-electron chi connectivity index (χ3n) is 1.74. The van der Waals surface area contributed by atoms with Gasteiger partial charge in [0.2, 0.25) is 0 Å². The van der Waals surface area contributed by atoms with Gasteiger partial charge in [-0.15, -0.1) is 0 Å². The van der Waals surface area contributed by atoms with E-state index in [1.807, 2.05) is 0 Å². The molecule has 2 heterocycles. The van der Waals surface area contributed by atoms with Crippen LogP contribution in [0.5, 0.6) is 6.01 Å². The molecule has 17 heavy (non-hydrogen) atoms. The van der Waals surface area contributed by atoms with Crippen LogP contribution < -0.4 is 10.5 Å². The maximum atomic E-state index is 12.8. The first-order valence-corrected chi connectivity index (χ1v) is 5.81. The Morgan fingerprint density at radius 3 is 2.82 bits per heavy atom. The van der Waals surface area contributed by atoms with E-state index in [0.29, 0.717) is 9.90 Å². The van der Waals surface area contributed by atoms with E-state index in [0.717, 1.165) is 17.7 Å². The molecule has 90 valence electrons. The maximum Gasteiger partial charge on any atom is 0.318 e. The zero-order valence-electron chi connectivity index (χ0n) is 8.15. The molecule has 0 aliphatic carbocycles. The van der Waals surface area contributed by atoms with Crippen molar-refractivity contribution >= 4 is 40.6 Å². The van der Waals surface area contributed by atoms with Gasteiger partial charge in [0.15, 0.2) is 16.8 Å². The normalized spacial score (nSPS) is 10.5. The zero-order chi connectivity index (χ0) is 12.4. The molecular formula is C8H5Cl2FN4OS. The number of anilines is 1. The zero-order valence-corrected chi connectivity index (χ0v) is 10.5. The lowest BCUT2D eigenvalue weighted by Crippen LogP contribution is -2.02. The summed E-state index contributed by atoms with van der Waals surface area (Å²) in [7, 11) is 0. The molecule has 0 saturated heterocycles. The van der Waals surface area contributed by atoms with Gasteiger partial charge in [0.25, 0.3) is 0 Å². The third-order valence-corrected chi connectivity index (χ3v) is 3.55. The molecule has 0 aliphatic rings. The summed E-state index contributed by atoms with van der Waals surface area (Å²) >= 11 is 12.6. The fourth-order valence-electron chi connectivity index (χ4n) is 0.943. The van der Waals surface area contributed by atoms with Crippen molar-refractivity contribution in [3.8, 4) is 6.01 Å². The lowest BCUT2D eigenvalue weighted by Gasteiger charge is -2.03. The first kappa shape index (κ1) is 12.3. The molecule has 0 aromatic carbocycles. The summed E-state index contributed by atoms with van der Waals surface area (Å²) in [5, 5.41) is 0.543. The fraction of sp³-hybridized carbons (Fsp3) is 0.125. The standard InChI is InChI=1S/C8H5Cl2FN4OS/c9-5-4(17-15-6(5)10)2-16-8-13-1-3(11)7(12)14-8/h1H,2H2,(H2,12,13,14). The summed E-state index contributed by atoms with van der Waals surface area (Å²) in [6, 6.07) is -0.0375. The van der Waals surface area contributed by atoms with Crippen LogP contribution in [-0.4, -0.2) is 14.3 Å². The van der Waals surface area contributed by atoms with E-state index in [2.05, 4.69) is 14.3 Å². The van der Waals surface area contributed by atoms with Crippen molar-refractivity contribution in [1.82, 2.24) is 14.3 Å². The predicted molar refractivity (Wildman–Crippen MR) is 62.9 cm³/mol. The molecule has 0 saturated carbocycles. The van der Waals surface area contributed by atoms with Gasteiger partial charge in [0.05, 0.1) is 16.1 Å². The van der Waals surface area contributed by atoms with Gasteiger partial charge in [-0.25, -0.2) is 9.37 Å². The SMILES string of the molecule is Nc1nc(OCc2snc(Cl)c2Cl)ncc1F. The van der Waals surface area contributed by atoms with Crippen molar-refractivity contribution in [3.05, 3.63) is 27.1 Å². The van der Waals surface area contributed by atoms with Gasteiger partial charge in [-0.2, -0.15) is 9.36 Å². The van der Waals surface area contributed by atoms with Gasteiger partial charge in [0.1, 0.15) is 6.61 Å². The van der Waals surface area contributed by atoms with Crippen LogP contribution in [-0.2, 0) is 6.61 Å². The summed E-state index contributed by atoms with van der Waals surface area (Å²) in [5.74, 6) is -0.973. The van der Waals surface area contributed by atoms with Crippen molar-refractivity contribution < 1.29 is 9.13 Å². The molecule has 0 unspecified atom stereocenters. The Balaban J connectivity index is 2.07. The quantitative estimate of drug-likeness (QED) is 0.942. The van der Waals surface area contributed by atoms with Crippen LogP contribution in [0, 0.1) is 5.82 Å². The first-order valence-electron chi connectivity index (χ1n) is 4.28. The lowest BCUT2D eigenvalue weighted by atomic mass is 10.5. The Morgan fingerprint density at radius 2 is 2.24 bits per heavy atom. The number of ether oxygens (including phenoxy) is 1. The van der Waals surface area contributed by atoms with Gasteiger partial charge in [-0.1, -0.05) is 23.2 Å².